The Balaban J connectivity index is 1.99. The average molecular weight is 352 g/mol. The van der Waals surface area contributed by atoms with Gasteiger partial charge in [-0.1, -0.05) is 49.6 Å². The minimum atomic E-state index is -0.114. The number of anilines is 1. The van der Waals surface area contributed by atoms with E-state index in [9.17, 15) is 4.79 Å². The first-order valence-corrected chi connectivity index (χ1v) is 9.52. The van der Waals surface area contributed by atoms with E-state index in [1.165, 1.54) is 19.3 Å². The normalized spacial score (nSPS) is 15.1. The predicted octanol–water partition coefficient (Wildman–Crippen LogP) is 4.05. The molecule has 0 spiro atoms. The molecule has 0 saturated heterocycles. The predicted molar refractivity (Wildman–Crippen MR) is 105 cm³/mol. The molecule has 1 N–H and O–H groups in total. The number of nitrogens with zero attached hydrogens (tertiary/aromatic N) is 3. The lowest BCUT2D eigenvalue weighted by Gasteiger charge is -2.33. The van der Waals surface area contributed by atoms with Gasteiger partial charge in [-0.25, -0.2) is 9.97 Å². The maximum Gasteiger partial charge on any atom is 0.256 e. The Morgan fingerprint density at radius 2 is 1.85 bits per heavy atom. The van der Waals surface area contributed by atoms with E-state index >= 15 is 0 Å². The van der Waals surface area contributed by atoms with Crippen molar-refractivity contribution in [3.63, 3.8) is 0 Å². The summed E-state index contributed by atoms with van der Waals surface area (Å²) in [5.74, 6) is 1.27. The molecule has 1 aromatic heterocycles. The number of carbonyl (C=O) groups excluding carboxylic acids is 1. The summed E-state index contributed by atoms with van der Waals surface area (Å²) in [4.78, 5) is 24.1. The Morgan fingerprint density at radius 1 is 1.15 bits per heavy atom. The van der Waals surface area contributed by atoms with Crippen LogP contribution < -0.4 is 10.2 Å². The highest BCUT2D eigenvalue weighted by Crippen LogP contribution is 2.28. The van der Waals surface area contributed by atoms with Crippen molar-refractivity contribution in [1.82, 2.24) is 15.3 Å². The second-order valence-electron chi connectivity index (χ2n) is 7.33. The van der Waals surface area contributed by atoms with Crippen LogP contribution >= 0.6 is 0 Å². The van der Waals surface area contributed by atoms with Crippen LogP contribution in [0.4, 0.5) is 5.82 Å². The molecule has 1 fully saturated rings. The molecule has 1 aliphatic carbocycles. The third-order valence-electron chi connectivity index (χ3n) is 4.92. The lowest BCUT2D eigenvalue weighted by Crippen LogP contribution is -2.37. The summed E-state index contributed by atoms with van der Waals surface area (Å²) in [6.45, 7) is 3.92. The monoisotopic (exact) mass is 352 g/mol. The molecule has 0 atom stereocenters. The highest BCUT2D eigenvalue weighted by Gasteiger charge is 2.25. The highest BCUT2D eigenvalue weighted by atomic mass is 16.1. The zero-order chi connectivity index (χ0) is 18.5. The molecule has 1 saturated carbocycles. The fourth-order valence-corrected chi connectivity index (χ4v) is 3.51. The minimum Gasteiger partial charge on any atom is -0.356 e. The number of aromatic nitrogens is 2. The van der Waals surface area contributed by atoms with E-state index < -0.39 is 0 Å². The van der Waals surface area contributed by atoms with Gasteiger partial charge >= 0.3 is 0 Å². The highest BCUT2D eigenvalue weighted by molar-refractivity contribution is 5.99. The number of carbonyl (C=O) groups is 1. The fourth-order valence-electron chi connectivity index (χ4n) is 3.51. The zero-order valence-corrected chi connectivity index (χ0v) is 15.9. The molecule has 1 aliphatic rings. The number of rotatable bonds is 5. The summed E-state index contributed by atoms with van der Waals surface area (Å²) >= 11 is 0. The van der Waals surface area contributed by atoms with E-state index in [2.05, 4.69) is 22.2 Å². The molecular weight excluding hydrogens is 324 g/mol. The van der Waals surface area contributed by atoms with Crippen molar-refractivity contribution in [3.8, 4) is 11.4 Å². The summed E-state index contributed by atoms with van der Waals surface area (Å²) < 4.78 is 0. The van der Waals surface area contributed by atoms with Crippen LogP contribution in [0.15, 0.2) is 36.5 Å². The second kappa shape index (κ2) is 8.30. The Labute approximate surface area is 155 Å². The fraction of sp³-hybridized carbons (Fsp3) is 0.476. The molecule has 0 bridgehead atoms. The summed E-state index contributed by atoms with van der Waals surface area (Å²) in [5.41, 5.74) is 1.51. The van der Waals surface area contributed by atoms with E-state index in [4.69, 9.17) is 4.98 Å². The second-order valence-corrected chi connectivity index (χ2v) is 7.33. The molecule has 138 valence electrons. The van der Waals surface area contributed by atoms with Crippen LogP contribution in [0.25, 0.3) is 11.4 Å². The molecule has 1 amide bonds. The number of amides is 1. The van der Waals surface area contributed by atoms with E-state index in [0.29, 0.717) is 17.4 Å². The van der Waals surface area contributed by atoms with Gasteiger partial charge in [0, 0.05) is 30.9 Å². The first-order valence-electron chi connectivity index (χ1n) is 9.52. The zero-order valence-electron chi connectivity index (χ0n) is 15.9. The summed E-state index contributed by atoms with van der Waals surface area (Å²) in [6, 6.07) is 10.4. The lowest BCUT2D eigenvalue weighted by atomic mass is 9.94. The molecule has 5 heteroatoms. The number of benzene rings is 1. The molecule has 1 aromatic carbocycles. The number of hydrogen-bond acceptors (Lipinski definition) is 4. The lowest BCUT2D eigenvalue weighted by molar-refractivity contribution is 0.0943. The van der Waals surface area contributed by atoms with Crippen molar-refractivity contribution in [2.24, 2.45) is 0 Å². The average Bonchev–Trinajstić information content (AvgIpc) is 2.68. The van der Waals surface area contributed by atoms with E-state index in [-0.39, 0.29) is 11.9 Å². The molecule has 26 heavy (non-hydrogen) atoms. The maximum atomic E-state index is 12.7. The van der Waals surface area contributed by atoms with E-state index in [1.807, 2.05) is 44.2 Å². The van der Waals surface area contributed by atoms with Crippen LogP contribution in [0.5, 0.6) is 0 Å². The molecular formula is C21H28N4O. The number of nitrogens with one attached hydrogen (secondary N) is 1. The Morgan fingerprint density at radius 3 is 2.50 bits per heavy atom. The van der Waals surface area contributed by atoms with Crippen molar-refractivity contribution in [1.29, 1.82) is 0 Å². The van der Waals surface area contributed by atoms with Crippen LogP contribution in [0.2, 0.25) is 0 Å². The first kappa shape index (κ1) is 18.4. The van der Waals surface area contributed by atoms with Gasteiger partial charge in [-0.05, 0) is 26.7 Å². The van der Waals surface area contributed by atoms with E-state index in [1.54, 1.807) is 6.20 Å². The Kier molecular flexibility index (Phi) is 5.86. The largest absolute Gasteiger partial charge is 0.356 e. The Bertz CT molecular complexity index is 739. The molecule has 0 aliphatic heterocycles. The van der Waals surface area contributed by atoms with Gasteiger partial charge in [0.15, 0.2) is 5.82 Å². The standard InChI is InChI=1S/C21H28N4O/c1-15(2)23-21(26)18-14-22-19(16-10-6-4-7-11-16)24-20(18)25(3)17-12-8-5-9-13-17/h4,6-7,10-11,14-15,17H,5,8-9,12-13H2,1-3H3,(H,23,26). The third kappa shape index (κ3) is 4.21. The van der Waals surface area contributed by atoms with Crippen molar-refractivity contribution >= 4 is 11.7 Å². The minimum absolute atomic E-state index is 0.0733. The van der Waals surface area contributed by atoms with Crippen LogP contribution in [0.3, 0.4) is 0 Å². The van der Waals surface area contributed by atoms with Gasteiger partial charge in [0.2, 0.25) is 0 Å². The van der Waals surface area contributed by atoms with Gasteiger partial charge in [0.25, 0.3) is 5.91 Å². The third-order valence-corrected chi connectivity index (χ3v) is 4.92. The molecule has 5 nitrogen and oxygen atoms in total. The topological polar surface area (TPSA) is 58.1 Å². The van der Waals surface area contributed by atoms with Crippen molar-refractivity contribution in [2.45, 2.75) is 58.0 Å². The summed E-state index contributed by atoms with van der Waals surface area (Å²) in [7, 11) is 2.05. The molecule has 2 aromatic rings. The van der Waals surface area contributed by atoms with Crippen LogP contribution in [-0.2, 0) is 0 Å². The van der Waals surface area contributed by atoms with Crippen LogP contribution in [0.1, 0.15) is 56.3 Å². The van der Waals surface area contributed by atoms with Crippen molar-refractivity contribution in [2.75, 3.05) is 11.9 Å². The Hall–Kier alpha value is -2.43. The van der Waals surface area contributed by atoms with Crippen LogP contribution in [-0.4, -0.2) is 35.0 Å². The maximum absolute atomic E-state index is 12.7. The van der Waals surface area contributed by atoms with Gasteiger partial charge < -0.3 is 10.2 Å². The SMILES string of the molecule is CC(C)NC(=O)c1cnc(-c2ccccc2)nc1N(C)C1CCCCC1. The van der Waals surface area contributed by atoms with Gasteiger partial charge in [-0.15, -0.1) is 0 Å². The van der Waals surface area contributed by atoms with Gasteiger partial charge in [0.1, 0.15) is 11.4 Å². The van der Waals surface area contributed by atoms with Gasteiger partial charge in [-0.2, -0.15) is 0 Å². The summed E-state index contributed by atoms with van der Waals surface area (Å²) in [6.07, 6.45) is 7.73. The quantitative estimate of drug-likeness (QED) is 0.882. The molecule has 0 unspecified atom stereocenters. The summed E-state index contributed by atoms with van der Waals surface area (Å²) in [5, 5.41) is 2.97. The molecule has 3 rings (SSSR count). The van der Waals surface area contributed by atoms with Crippen LogP contribution in [0, 0.1) is 0 Å². The van der Waals surface area contributed by atoms with Gasteiger partial charge in [0.05, 0.1) is 0 Å². The van der Waals surface area contributed by atoms with Crippen molar-refractivity contribution < 1.29 is 4.79 Å². The van der Waals surface area contributed by atoms with Crippen molar-refractivity contribution in [3.05, 3.63) is 42.1 Å². The first-order chi connectivity index (χ1) is 12.6. The van der Waals surface area contributed by atoms with Gasteiger partial charge in [-0.3, -0.25) is 4.79 Å². The molecule has 0 radical (unpaired) electrons. The van der Waals surface area contributed by atoms with E-state index in [0.717, 1.165) is 24.2 Å². The molecule has 1 heterocycles. The smallest absolute Gasteiger partial charge is 0.256 e. The number of hydrogen-bond donors (Lipinski definition) is 1.